The molecule has 1 aliphatic rings. The molecule has 0 aliphatic carbocycles. The van der Waals surface area contributed by atoms with Gasteiger partial charge in [0.1, 0.15) is 6.61 Å². The molecule has 1 aromatic carbocycles. The first kappa shape index (κ1) is 24.9. The molecular formula is C27H31FN6O3. The van der Waals surface area contributed by atoms with Crippen LogP contribution in [-0.2, 0) is 4.74 Å². The molecule has 0 spiro atoms. The Kier molecular flexibility index (Phi) is 6.94. The van der Waals surface area contributed by atoms with Gasteiger partial charge in [-0.3, -0.25) is 4.79 Å². The number of nitrogens with zero attached hydrogens (tertiary/aromatic N) is 4. The molecule has 2 N–H and O–H groups in total. The fourth-order valence-corrected chi connectivity index (χ4v) is 4.92. The third-order valence-electron chi connectivity index (χ3n) is 6.37. The van der Waals surface area contributed by atoms with E-state index in [-0.39, 0.29) is 5.65 Å². The number of carbonyl (C=O) groups excluding carboxylic acids is 1. The van der Waals surface area contributed by atoms with Crippen molar-refractivity contribution in [3.63, 3.8) is 0 Å². The van der Waals surface area contributed by atoms with E-state index in [1.807, 2.05) is 18.2 Å². The fraction of sp³-hybridized carbons (Fsp3) is 0.370. The first-order valence-corrected chi connectivity index (χ1v) is 12.3. The van der Waals surface area contributed by atoms with Crippen molar-refractivity contribution in [3.8, 4) is 5.88 Å². The summed E-state index contributed by atoms with van der Waals surface area (Å²) >= 11 is 0. The Morgan fingerprint density at radius 3 is 2.68 bits per heavy atom. The summed E-state index contributed by atoms with van der Waals surface area (Å²) in [6.45, 7) is 8.53. The molecular weight excluding hydrogens is 475 g/mol. The lowest BCUT2D eigenvalue weighted by molar-refractivity contribution is 0.102. The van der Waals surface area contributed by atoms with Gasteiger partial charge in [0.2, 0.25) is 5.88 Å². The van der Waals surface area contributed by atoms with Gasteiger partial charge in [0.05, 0.1) is 29.1 Å². The molecule has 9 nitrogen and oxygen atoms in total. The van der Waals surface area contributed by atoms with E-state index in [2.05, 4.69) is 34.4 Å². The number of piperazine rings is 1. The lowest BCUT2D eigenvalue weighted by Gasteiger charge is -2.38. The highest BCUT2D eigenvalue weighted by Gasteiger charge is 2.24. The van der Waals surface area contributed by atoms with Gasteiger partial charge >= 0.3 is 0 Å². The molecule has 1 saturated heterocycles. The molecule has 4 aromatic rings. The van der Waals surface area contributed by atoms with E-state index in [9.17, 15) is 9.18 Å². The number of amides is 1. The lowest BCUT2D eigenvalue weighted by Crippen LogP contribution is -2.54. The molecule has 5 rings (SSSR count). The van der Waals surface area contributed by atoms with E-state index < -0.39 is 11.7 Å². The van der Waals surface area contributed by atoms with Crippen LogP contribution in [0.4, 0.5) is 15.8 Å². The number of halogens is 1. The largest absolute Gasteiger partial charge is 0.475 e. The van der Waals surface area contributed by atoms with Crippen molar-refractivity contribution in [1.82, 2.24) is 19.7 Å². The van der Waals surface area contributed by atoms with Crippen LogP contribution in [0, 0.1) is 12.7 Å². The van der Waals surface area contributed by atoms with Crippen molar-refractivity contribution < 1.29 is 18.7 Å². The SMILES string of the molecule is COCCOc1ccc2c(N3C[C@@H](C)N[C@@H](C)C3)ccc(C(=O)Nc3cc(F)c4nc(C)cn4c3)c2n1. The zero-order valence-corrected chi connectivity index (χ0v) is 21.4. The van der Waals surface area contributed by atoms with Gasteiger partial charge in [-0.1, -0.05) is 0 Å². The van der Waals surface area contributed by atoms with E-state index in [0.29, 0.717) is 53.6 Å². The summed E-state index contributed by atoms with van der Waals surface area (Å²) < 4.78 is 27.0. The van der Waals surface area contributed by atoms with Crippen molar-refractivity contribution in [3.05, 3.63) is 59.8 Å². The minimum Gasteiger partial charge on any atom is -0.475 e. The monoisotopic (exact) mass is 506 g/mol. The average molecular weight is 507 g/mol. The third kappa shape index (κ3) is 5.21. The van der Waals surface area contributed by atoms with E-state index in [1.165, 1.54) is 6.07 Å². The normalized spacial score (nSPS) is 17.9. The highest BCUT2D eigenvalue weighted by molar-refractivity contribution is 6.14. The number of pyridine rings is 2. The molecule has 3 aromatic heterocycles. The summed E-state index contributed by atoms with van der Waals surface area (Å²) in [6, 6.07) is 9.39. The summed E-state index contributed by atoms with van der Waals surface area (Å²) in [5.74, 6) is -0.505. The molecule has 4 heterocycles. The van der Waals surface area contributed by atoms with Gasteiger partial charge in [-0.15, -0.1) is 0 Å². The molecule has 0 bridgehead atoms. The summed E-state index contributed by atoms with van der Waals surface area (Å²) in [7, 11) is 1.60. The number of anilines is 2. The van der Waals surface area contributed by atoms with Crippen LogP contribution in [-0.4, -0.2) is 65.8 Å². The van der Waals surface area contributed by atoms with Gasteiger partial charge in [0, 0.05) is 67.9 Å². The van der Waals surface area contributed by atoms with E-state index in [4.69, 9.17) is 14.5 Å². The minimum atomic E-state index is -0.514. The van der Waals surface area contributed by atoms with Crippen LogP contribution in [0.25, 0.3) is 16.6 Å². The smallest absolute Gasteiger partial charge is 0.257 e. The number of benzene rings is 1. The predicted molar refractivity (Wildman–Crippen MR) is 141 cm³/mol. The molecule has 37 heavy (non-hydrogen) atoms. The zero-order valence-electron chi connectivity index (χ0n) is 21.4. The number of ether oxygens (including phenoxy) is 2. The minimum absolute atomic E-state index is 0.212. The van der Waals surface area contributed by atoms with Crippen molar-refractivity contribution in [2.24, 2.45) is 0 Å². The van der Waals surface area contributed by atoms with Crippen LogP contribution >= 0.6 is 0 Å². The Labute approximate surface area is 214 Å². The Balaban J connectivity index is 1.53. The van der Waals surface area contributed by atoms with Crippen molar-refractivity contribution in [2.45, 2.75) is 32.9 Å². The second kappa shape index (κ2) is 10.3. The zero-order chi connectivity index (χ0) is 26.1. The first-order valence-electron chi connectivity index (χ1n) is 12.3. The van der Waals surface area contributed by atoms with Gasteiger partial charge < -0.3 is 29.4 Å². The molecule has 2 atom stereocenters. The number of carbonyl (C=O) groups is 1. The molecule has 0 radical (unpaired) electrons. The van der Waals surface area contributed by atoms with Crippen molar-refractivity contribution >= 4 is 33.8 Å². The van der Waals surface area contributed by atoms with E-state index in [0.717, 1.165) is 24.2 Å². The molecule has 0 saturated carbocycles. The Bertz CT molecular complexity index is 1450. The molecule has 1 amide bonds. The maximum Gasteiger partial charge on any atom is 0.257 e. The first-order chi connectivity index (χ1) is 17.8. The Morgan fingerprint density at radius 1 is 1.14 bits per heavy atom. The van der Waals surface area contributed by atoms with Crippen LogP contribution in [0.2, 0.25) is 0 Å². The van der Waals surface area contributed by atoms with Crippen LogP contribution in [0.1, 0.15) is 29.9 Å². The number of fused-ring (bicyclic) bond motifs is 2. The van der Waals surface area contributed by atoms with Crippen LogP contribution in [0.3, 0.4) is 0 Å². The van der Waals surface area contributed by atoms with Crippen LogP contribution < -0.4 is 20.3 Å². The quantitative estimate of drug-likeness (QED) is 0.369. The Hall–Kier alpha value is -3.76. The number of imidazole rings is 1. The van der Waals surface area contributed by atoms with Gasteiger partial charge in [0.25, 0.3) is 5.91 Å². The highest BCUT2D eigenvalue weighted by atomic mass is 19.1. The second-order valence-corrected chi connectivity index (χ2v) is 9.54. The summed E-state index contributed by atoms with van der Waals surface area (Å²) in [5, 5.41) is 7.22. The number of methoxy groups -OCH3 is 1. The Morgan fingerprint density at radius 2 is 1.92 bits per heavy atom. The average Bonchev–Trinajstić information content (AvgIpc) is 3.23. The van der Waals surface area contributed by atoms with E-state index in [1.54, 1.807) is 36.9 Å². The van der Waals surface area contributed by atoms with E-state index >= 15 is 0 Å². The molecule has 10 heteroatoms. The number of aryl methyl sites for hydroxylation is 1. The van der Waals surface area contributed by atoms with Gasteiger partial charge in [-0.25, -0.2) is 14.4 Å². The molecule has 1 fully saturated rings. The van der Waals surface area contributed by atoms with Crippen LogP contribution in [0.15, 0.2) is 42.7 Å². The number of rotatable bonds is 7. The summed E-state index contributed by atoms with van der Waals surface area (Å²) in [6.07, 6.45) is 3.35. The maximum atomic E-state index is 14.6. The van der Waals surface area contributed by atoms with Gasteiger partial charge in [-0.2, -0.15) is 0 Å². The third-order valence-corrected chi connectivity index (χ3v) is 6.37. The molecule has 194 valence electrons. The molecule has 1 aliphatic heterocycles. The van der Waals surface area contributed by atoms with Crippen LogP contribution in [0.5, 0.6) is 5.88 Å². The summed E-state index contributed by atoms with van der Waals surface area (Å²) in [4.78, 5) is 24.6. The fourth-order valence-electron chi connectivity index (χ4n) is 4.92. The standard InChI is InChI=1S/C27H31FN6O3/c1-16-12-33(13-17(2)29-16)23-7-5-21(25-20(23)6-8-24(32-25)37-10-9-36-4)27(35)31-19-11-22(28)26-30-18(3)14-34(26)15-19/h5-8,11,14-17,29H,9-10,12-13H2,1-4H3,(H,31,35)/t16-,17+. The van der Waals surface area contributed by atoms with Crippen molar-refractivity contribution in [2.75, 3.05) is 43.6 Å². The molecule has 0 unspecified atom stereocenters. The van der Waals surface area contributed by atoms with Crippen molar-refractivity contribution in [1.29, 1.82) is 0 Å². The number of hydrogen-bond acceptors (Lipinski definition) is 7. The number of aromatic nitrogens is 3. The lowest BCUT2D eigenvalue weighted by atomic mass is 10.0. The summed E-state index contributed by atoms with van der Waals surface area (Å²) in [5.41, 5.74) is 3.11. The maximum absolute atomic E-state index is 14.6. The second-order valence-electron chi connectivity index (χ2n) is 9.54. The predicted octanol–water partition coefficient (Wildman–Crippen LogP) is 3.79. The van der Waals surface area contributed by atoms with Gasteiger partial charge in [-0.05, 0) is 39.0 Å². The topological polar surface area (TPSA) is 93.0 Å². The number of hydrogen-bond donors (Lipinski definition) is 2. The highest BCUT2D eigenvalue weighted by Crippen LogP contribution is 2.32. The number of nitrogens with one attached hydrogen (secondary N) is 2. The van der Waals surface area contributed by atoms with Gasteiger partial charge in [0.15, 0.2) is 11.5 Å².